The van der Waals surface area contributed by atoms with Gasteiger partial charge in [0.2, 0.25) is 5.91 Å². The average Bonchev–Trinajstić information content (AvgIpc) is 2.32. The fourth-order valence-corrected chi connectivity index (χ4v) is 2.00. The van der Waals surface area contributed by atoms with Crippen LogP contribution in [0, 0.1) is 0 Å². The molecule has 0 bridgehead atoms. The van der Waals surface area contributed by atoms with E-state index in [1.165, 1.54) is 0 Å². The molecular weight excluding hydrogens is 283 g/mol. The first kappa shape index (κ1) is 18.2. The number of nitrogens with zero attached hydrogens (tertiary/aromatic N) is 1. The SMILES string of the molecule is CC(C)N(Cc1cccc(Cl)c1)C(=O)CCCN.Cl. The summed E-state index contributed by atoms with van der Waals surface area (Å²) < 4.78 is 0. The van der Waals surface area contributed by atoms with Gasteiger partial charge < -0.3 is 10.6 Å². The summed E-state index contributed by atoms with van der Waals surface area (Å²) in [6, 6.07) is 7.79. The van der Waals surface area contributed by atoms with Gasteiger partial charge in [-0.3, -0.25) is 4.79 Å². The lowest BCUT2D eigenvalue weighted by Crippen LogP contribution is -2.36. The van der Waals surface area contributed by atoms with E-state index in [0.717, 1.165) is 12.0 Å². The summed E-state index contributed by atoms with van der Waals surface area (Å²) in [5.74, 6) is 0.149. The molecule has 0 saturated heterocycles. The Morgan fingerprint density at radius 1 is 1.42 bits per heavy atom. The Labute approximate surface area is 126 Å². The largest absolute Gasteiger partial charge is 0.336 e. The Hall–Kier alpha value is -0.770. The van der Waals surface area contributed by atoms with E-state index in [1.54, 1.807) is 0 Å². The molecule has 108 valence electrons. The zero-order valence-corrected chi connectivity index (χ0v) is 13.0. The molecule has 5 heteroatoms. The second kappa shape index (κ2) is 9.18. The van der Waals surface area contributed by atoms with Crippen molar-refractivity contribution >= 4 is 29.9 Å². The van der Waals surface area contributed by atoms with Gasteiger partial charge in [0.05, 0.1) is 0 Å². The van der Waals surface area contributed by atoms with Gasteiger partial charge in [0.15, 0.2) is 0 Å². The van der Waals surface area contributed by atoms with Gasteiger partial charge in [-0.05, 0) is 44.5 Å². The highest BCUT2D eigenvalue weighted by Gasteiger charge is 2.16. The predicted octanol–water partition coefficient (Wildman–Crippen LogP) is 3.24. The number of carbonyl (C=O) groups is 1. The molecule has 1 amide bonds. The maximum atomic E-state index is 12.1. The van der Waals surface area contributed by atoms with E-state index in [9.17, 15) is 4.79 Å². The summed E-state index contributed by atoms with van der Waals surface area (Å²) >= 11 is 5.95. The molecule has 1 aromatic carbocycles. The Balaban J connectivity index is 0.00000324. The minimum Gasteiger partial charge on any atom is -0.336 e. The Bertz CT molecular complexity index is 397. The molecule has 0 aliphatic carbocycles. The lowest BCUT2D eigenvalue weighted by molar-refractivity contribution is -0.133. The third-order valence-corrected chi connectivity index (χ3v) is 3.02. The molecule has 0 fully saturated rings. The fraction of sp³-hybridized carbons (Fsp3) is 0.500. The monoisotopic (exact) mass is 304 g/mol. The molecule has 0 spiro atoms. The lowest BCUT2D eigenvalue weighted by atomic mass is 10.1. The summed E-state index contributed by atoms with van der Waals surface area (Å²) in [5.41, 5.74) is 6.49. The van der Waals surface area contributed by atoms with Crippen molar-refractivity contribution in [2.24, 2.45) is 5.73 Å². The van der Waals surface area contributed by atoms with Crippen molar-refractivity contribution in [3.05, 3.63) is 34.9 Å². The van der Waals surface area contributed by atoms with Crippen molar-refractivity contribution in [3.63, 3.8) is 0 Å². The van der Waals surface area contributed by atoms with E-state index in [-0.39, 0.29) is 24.4 Å². The third kappa shape index (κ3) is 6.28. The summed E-state index contributed by atoms with van der Waals surface area (Å²) in [6.45, 7) is 5.19. The van der Waals surface area contributed by atoms with Crippen LogP contribution in [-0.2, 0) is 11.3 Å². The molecule has 0 heterocycles. The highest BCUT2D eigenvalue weighted by Crippen LogP contribution is 2.15. The Morgan fingerprint density at radius 3 is 2.63 bits per heavy atom. The fourth-order valence-electron chi connectivity index (χ4n) is 1.79. The quantitative estimate of drug-likeness (QED) is 0.877. The van der Waals surface area contributed by atoms with Crippen LogP contribution < -0.4 is 5.73 Å². The van der Waals surface area contributed by atoms with Gasteiger partial charge in [0.25, 0.3) is 0 Å². The van der Waals surface area contributed by atoms with E-state index in [0.29, 0.717) is 24.5 Å². The number of amides is 1. The maximum Gasteiger partial charge on any atom is 0.223 e. The molecule has 0 saturated carbocycles. The average molecular weight is 305 g/mol. The Kier molecular flexibility index (Phi) is 8.81. The molecular formula is C14H22Cl2N2O. The Morgan fingerprint density at radius 2 is 2.11 bits per heavy atom. The van der Waals surface area contributed by atoms with Crippen molar-refractivity contribution < 1.29 is 4.79 Å². The van der Waals surface area contributed by atoms with Crippen LogP contribution in [0.25, 0.3) is 0 Å². The lowest BCUT2D eigenvalue weighted by Gasteiger charge is -2.27. The summed E-state index contributed by atoms with van der Waals surface area (Å²) in [4.78, 5) is 13.9. The van der Waals surface area contributed by atoms with Crippen LogP contribution >= 0.6 is 24.0 Å². The molecule has 0 aliphatic heterocycles. The first-order chi connectivity index (χ1) is 8.54. The van der Waals surface area contributed by atoms with E-state index < -0.39 is 0 Å². The maximum absolute atomic E-state index is 12.1. The summed E-state index contributed by atoms with van der Waals surface area (Å²) in [6.07, 6.45) is 1.24. The number of hydrogen-bond acceptors (Lipinski definition) is 2. The second-order valence-electron chi connectivity index (χ2n) is 4.64. The molecule has 0 aliphatic rings. The van der Waals surface area contributed by atoms with Gasteiger partial charge in [-0.2, -0.15) is 0 Å². The van der Waals surface area contributed by atoms with Gasteiger partial charge in [-0.1, -0.05) is 23.7 Å². The minimum atomic E-state index is 0. The normalized spacial score (nSPS) is 10.2. The topological polar surface area (TPSA) is 46.3 Å². The molecule has 0 radical (unpaired) electrons. The predicted molar refractivity (Wildman–Crippen MR) is 82.7 cm³/mol. The van der Waals surface area contributed by atoms with Gasteiger partial charge in [-0.15, -0.1) is 12.4 Å². The molecule has 2 N–H and O–H groups in total. The van der Waals surface area contributed by atoms with Gasteiger partial charge in [0, 0.05) is 24.0 Å². The summed E-state index contributed by atoms with van der Waals surface area (Å²) in [7, 11) is 0. The van der Waals surface area contributed by atoms with Gasteiger partial charge in [0.1, 0.15) is 0 Å². The van der Waals surface area contributed by atoms with E-state index in [4.69, 9.17) is 17.3 Å². The van der Waals surface area contributed by atoms with Crippen LogP contribution in [0.2, 0.25) is 5.02 Å². The first-order valence-corrected chi connectivity index (χ1v) is 6.66. The van der Waals surface area contributed by atoms with Crippen LogP contribution in [0.4, 0.5) is 0 Å². The summed E-state index contributed by atoms with van der Waals surface area (Å²) in [5, 5.41) is 0.700. The van der Waals surface area contributed by atoms with Crippen molar-refractivity contribution in [1.29, 1.82) is 0 Å². The minimum absolute atomic E-state index is 0. The van der Waals surface area contributed by atoms with Crippen LogP contribution in [0.15, 0.2) is 24.3 Å². The first-order valence-electron chi connectivity index (χ1n) is 6.28. The van der Waals surface area contributed by atoms with E-state index >= 15 is 0 Å². The van der Waals surface area contributed by atoms with E-state index in [2.05, 4.69) is 0 Å². The smallest absolute Gasteiger partial charge is 0.223 e. The number of benzene rings is 1. The molecule has 1 aromatic rings. The van der Waals surface area contributed by atoms with Crippen LogP contribution in [0.3, 0.4) is 0 Å². The number of rotatable bonds is 6. The zero-order valence-electron chi connectivity index (χ0n) is 11.4. The third-order valence-electron chi connectivity index (χ3n) is 2.78. The van der Waals surface area contributed by atoms with Crippen molar-refractivity contribution in [2.45, 2.75) is 39.3 Å². The van der Waals surface area contributed by atoms with Crippen LogP contribution in [0.1, 0.15) is 32.3 Å². The highest BCUT2D eigenvalue weighted by molar-refractivity contribution is 6.30. The molecule has 0 aromatic heterocycles. The standard InChI is InChI=1S/C14H21ClN2O.ClH/c1-11(2)17(14(18)7-4-8-16)10-12-5-3-6-13(15)9-12;/h3,5-6,9,11H,4,7-8,10,16H2,1-2H3;1H. The highest BCUT2D eigenvalue weighted by atomic mass is 35.5. The van der Waals surface area contributed by atoms with Crippen molar-refractivity contribution in [3.8, 4) is 0 Å². The zero-order chi connectivity index (χ0) is 13.5. The van der Waals surface area contributed by atoms with E-state index in [1.807, 2.05) is 43.0 Å². The van der Waals surface area contributed by atoms with Crippen molar-refractivity contribution in [2.75, 3.05) is 6.54 Å². The number of hydrogen-bond donors (Lipinski definition) is 1. The van der Waals surface area contributed by atoms with Gasteiger partial charge in [-0.25, -0.2) is 0 Å². The number of carbonyl (C=O) groups excluding carboxylic acids is 1. The molecule has 3 nitrogen and oxygen atoms in total. The molecule has 0 atom stereocenters. The molecule has 19 heavy (non-hydrogen) atoms. The van der Waals surface area contributed by atoms with Crippen LogP contribution in [0.5, 0.6) is 0 Å². The number of halogens is 2. The molecule has 1 rings (SSSR count). The van der Waals surface area contributed by atoms with Crippen molar-refractivity contribution in [1.82, 2.24) is 4.90 Å². The van der Waals surface area contributed by atoms with Gasteiger partial charge >= 0.3 is 0 Å². The number of nitrogens with two attached hydrogens (primary N) is 1. The second-order valence-corrected chi connectivity index (χ2v) is 5.07. The van der Waals surface area contributed by atoms with Crippen LogP contribution in [-0.4, -0.2) is 23.4 Å². The molecule has 0 unspecified atom stereocenters.